The van der Waals surface area contributed by atoms with Gasteiger partial charge in [-0.15, -0.1) is 0 Å². The molecular weight excluding hydrogens is 716 g/mol. The normalized spacial score (nSPS) is 15.6. The number of hydrogen-bond donors (Lipinski definition) is 12. The highest BCUT2D eigenvalue weighted by molar-refractivity contribution is 7.98. The number of carbonyl (C=O) groups is 7. The Kier molecular flexibility index (Phi) is 23.7. The van der Waals surface area contributed by atoms with Crippen molar-refractivity contribution >= 4 is 59.1 Å². The van der Waals surface area contributed by atoms with Crippen molar-refractivity contribution in [2.24, 2.45) is 34.0 Å². The fourth-order valence-corrected chi connectivity index (χ4v) is 5.16. The van der Waals surface area contributed by atoms with Crippen LogP contribution >= 0.6 is 11.8 Å². The maximum atomic E-state index is 13.5. The number of rotatable bonds is 26. The van der Waals surface area contributed by atoms with Gasteiger partial charge in [0.1, 0.15) is 42.3 Å². The minimum Gasteiger partial charge on any atom is -0.480 e. The molecule has 8 atom stereocenters. The van der Waals surface area contributed by atoms with Gasteiger partial charge in [0, 0.05) is 6.54 Å². The molecule has 6 amide bonds. The number of aliphatic hydroxyl groups excluding tert-OH is 2. The van der Waals surface area contributed by atoms with E-state index in [9.17, 15) is 48.9 Å². The first-order valence-electron chi connectivity index (χ1n) is 17.4. The molecular formula is C32H60N10O10S. The summed E-state index contributed by atoms with van der Waals surface area (Å²) in [6.07, 6.45) is 2.72. The third kappa shape index (κ3) is 18.9. The topological polar surface area (TPSA) is 343 Å². The molecule has 0 saturated heterocycles. The monoisotopic (exact) mass is 776 g/mol. The zero-order valence-electron chi connectivity index (χ0n) is 31.3. The van der Waals surface area contributed by atoms with E-state index < -0.39 is 103 Å². The van der Waals surface area contributed by atoms with Crippen LogP contribution in [0.25, 0.3) is 0 Å². The number of carbonyl (C=O) groups excluding carboxylic acids is 6. The molecule has 0 spiro atoms. The van der Waals surface area contributed by atoms with E-state index >= 15 is 0 Å². The minimum absolute atomic E-state index is 0.0267. The molecule has 0 aromatic heterocycles. The number of carboxylic acids is 1. The van der Waals surface area contributed by atoms with E-state index in [1.165, 1.54) is 18.7 Å². The van der Waals surface area contributed by atoms with Crippen LogP contribution in [-0.2, 0) is 33.6 Å². The molecule has 304 valence electrons. The molecule has 21 heteroatoms. The Balaban J connectivity index is 5.89. The van der Waals surface area contributed by atoms with E-state index in [4.69, 9.17) is 17.2 Å². The number of aliphatic carboxylic acids is 1. The number of carboxylic acid groups (broad SMARTS) is 1. The molecule has 15 N–H and O–H groups in total. The quantitative estimate of drug-likeness (QED) is 0.0228. The second-order valence-electron chi connectivity index (χ2n) is 13.0. The molecule has 0 aliphatic rings. The fourth-order valence-electron chi connectivity index (χ4n) is 4.69. The van der Waals surface area contributed by atoms with Crippen molar-refractivity contribution in [3.63, 3.8) is 0 Å². The van der Waals surface area contributed by atoms with Crippen LogP contribution < -0.4 is 49.1 Å². The van der Waals surface area contributed by atoms with Crippen molar-refractivity contribution in [2.45, 2.75) is 109 Å². The Bertz CT molecular complexity index is 1250. The van der Waals surface area contributed by atoms with Crippen LogP contribution in [0.2, 0.25) is 0 Å². The van der Waals surface area contributed by atoms with E-state index in [1.807, 2.05) is 0 Å². The molecule has 0 rings (SSSR count). The van der Waals surface area contributed by atoms with Crippen LogP contribution in [0.5, 0.6) is 0 Å². The lowest BCUT2D eigenvalue weighted by Gasteiger charge is -2.28. The lowest BCUT2D eigenvalue weighted by molar-refractivity contribution is -0.143. The maximum Gasteiger partial charge on any atom is 0.326 e. The molecule has 0 radical (unpaired) electrons. The predicted molar refractivity (Wildman–Crippen MR) is 199 cm³/mol. The van der Waals surface area contributed by atoms with Gasteiger partial charge < -0.3 is 64.4 Å². The zero-order valence-corrected chi connectivity index (χ0v) is 32.2. The maximum absolute atomic E-state index is 13.5. The van der Waals surface area contributed by atoms with Crippen LogP contribution in [0.4, 0.5) is 0 Å². The fraction of sp³-hybridized carbons (Fsp3) is 0.750. The summed E-state index contributed by atoms with van der Waals surface area (Å²) in [4.78, 5) is 94.1. The Morgan fingerprint density at radius 1 is 0.698 bits per heavy atom. The second kappa shape index (κ2) is 25.7. The summed E-state index contributed by atoms with van der Waals surface area (Å²) in [6, 6.07) is -8.88. The van der Waals surface area contributed by atoms with Crippen LogP contribution in [-0.4, -0.2) is 137 Å². The smallest absolute Gasteiger partial charge is 0.326 e. The number of nitrogens with zero attached hydrogens (tertiary/aromatic N) is 1. The number of thioether (sulfide) groups is 1. The zero-order chi connectivity index (χ0) is 40.8. The van der Waals surface area contributed by atoms with Crippen molar-refractivity contribution in [1.82, 2.24) is 31.9 Å². The minimum atomic E-state index is -1.54. The lowest BCUT2D eigenvalue weighted by Crippen LogP contribution is -2.61. The molecule has 0 fully saturated rings. The van der Waals surface area contributed by atoms with Gasteiger partial charge in [-0.05, 0) is 56.5 Å². The Morgan fingerprint density at radius 3 is 1.72 bits per heavy atom. The lowest BCUT2D eigenvalue weighted by atomic mass is 9.97. The number of nitrogens with two attached hydrogens (primary N) is 3. The number of amides is 6. The van der Waals surface area contributed by atoms with Gasteiger partial charge in [-0.3, -0.25) is 33.8 Å². The summed E-state index contributed by atoms with van der Waals surface area (Å²) >= 11 is 1.39. The van der Waals surface area contributed by atoms with Gasteiger partial charge >= 0.3 is 5.97 Å². The predicted octanol–water partition coefficient (Wildman–Crippen LogP) is -3.79. The molecule has 0 bridgehead atoms. The third-order valence-electron chi connectivity index (χ3n) is 8.04. The van der Waals surface area contributed by atoms with E-state index in [0.29, 0.717) is 12.2 Å². The van der Waals surface area contributed by atoms with E-state index in [0.717, 1.165) is 0 Å². The Labute approximate surface area is 314 Å². The van der Waals surface area contributed by atoms with Gasteiger partial charge in [0.05, 0.1) is 13.2 Å². The molecule has 0 saturated carbocycles. The van der Waals surface area contributed by atoms with Gasteiger partial charge in [-0.2, -0.15) is 11.8 Å². The van der Waals surface area contributed by atoms with Gasteiger partial charge in [-0.1, -0.05) is 34.1 Å². The van der Waals surface area contributed by atoms with Gasteiger partial charge in [0.2, 0.25) is 35.4 Å². The van der Waals surface area contributed by atoms with Crippen molar-refractivity contribution in [2.75, 3.05) is 31.8 Å². The first-order chi connectivity index (χ1) is 24.8. The highest BCUT2D eigenvalue weighted by atomic mass is 32.2. The van der Waals surface area contributed by atoms with E-state index in [1.54, 1.807) is 34.0 Å². The summed E-state index contributed by atoms with van der Waals surface area (Å²) < 4.78 is 0. The van der Waals surface area contributed by atoms with Gasteiger partial charge in [0.15, 0.2) is 5.96 Å². The number of guanidine groups is 1. The summed E-state index contributed by atoms with van der Waals surface area (Å²) in [5.74, 6) is -6.39. The number of aliphatic imine (C=N–C) groups is 1. The summed E-state index contributed by atoms with van der Waals surface area (Å²) in [6.45, 7) is 6.94. The molecule has 53 heavy (non-hydrogen) atoms. The van der Waals surface area contributed by atoms with Gasteiger partial charge in [-0.25, -0.2) is 4.79 Å². The number of aliphatic hydroxyl groups is 2. The molecule has 0 aliphatic carbocycles. The number of hydrogen-bond acceptors (Lipinski definition) is 12. The van der Waals surface area contributed by atoms with Crippen molar-refractivity contribution in [3.05, 3.63) is 0 Å². The molecule has 0 aromatic carbocycles. The highest BCUT2D eigenvalue weighted by Crippen LogP contribution is 2.11. The molecule has 20 nitrogen and oxygen atoms in total. The molecule has 0 unspecified atom stereocenters. The first-order valence-corrected chi connectivity index (χ1v) is 18.8. The molecule has 0 heterocycles. The summed E-state index contributed by atoms with van der Waals surface area (Å²) in [7, 11) is 0. The van der Waals surface area contributed by atoms with Crippen molar-refractivity contribution in [1.29, 1.82) is 0 Å². The number of nitrogens with one attached hydrogen (secondary N) is 6. The highest BCUT2D eigenvalue weighted by Gasteiger charge is 2.34. The first kappa shape index (κ1) is 48.8. The Hall–Kier alpha value is -4.21. The average molecular weight is 777 g/mol. The van der Waals surface area contributed by atoms with Crippen LogP contribution in [0.1, 0.15) is 66.7 Å². The average Bonchev–Trinajstić information content (AvgIpc) is 3.10. The summed E-state index contributed by atoms with van der Waals surface area (Å²) in [5, 5.41) is 43.5. The SMILES string of the molecule is CC[C@H](C)[C@H](NC(=O)[C@H](CO)NC(=O)[C@H](CCSC)NC(=O)[C@@H](N)CO)C(=O)N[C@@H](C)C(=O)N[C@@H](CCCN=C(N)N)C(=O)N[C@@H](CC(C)C)C(=O)O. The largest absolute Gasteiger partial charge is 0.480 e. The summed E-state index contributed by atoms with van der Waals surface area (Å²) in [5.41, 5.74) is 16.3. The van der Waals surface area contributed by atoms with E-state index in [-0.39, 0.29) is 44.1 Å². The van der Waals surface area contributed by atoms with Crippen molar-refractivity contribution < 1.29 is 48.9 Å². The molecule has 0 aromatic rings. The van der Waals surface area contributed by atoms with Crippen LogP contribution in [0, 0.1) is 11.8 Å². The third-order valence-corrected chi connectivity index (χ3v) is 8.68. The van der Waals surface area contributed by atoms with Crippen molar-refractivity contribution in [3.8, 4) is 0 Å². The van der Waals surface area contributed by atoms with Crippen LogP contribution in [0.15, 0.2) is 4.99 Å². The molecule has 0 aliphatic heterocycles. The second-order valence-corrected chi connectivity index (χ2v) is 14.0. The van der Waals surface area contributed by atoms with E-state index in [2.05, 4.69) is 36.9 Å². The Morgan fingerprint density at radius 2 is 1.23 bits per heavy atom. The van der Waals surface area contributed by atoms with Gasteiger partial charge in [0.25, 0.3) is 0 Å². The standard InChI is InChI=1S/C32H60N10O10S/c1-7-17(4)24(42-29(49)23(15-44)41-28(48)21(10-12-53-6)39-26(46)19(33)14-43)30(50)37-18(5)25(45)38-20(9-8-11-36-32(34)35)27(47)40-22(31(51)52)13-16(2)3/h16-24,43-44H,7-15,33H2,1-6H3,(H,37,50)(H,38,45)(H,39,46)(H,40,47)(H,41,48)(H,42,49)(H,51,52)(H4,34,35,36)/t17-,18-,19-,20-,21-,22-,23-,24-/m0/s1. The van der Waals surface area contributed by atoms with Crippen LogP contribution in [0.3, 0.4) is 0 Å².